The number of hydrogen-bond acceptors (Lipinski definition) is 3. The first-order chi connectivity index (χ1) is 7.17. The van der Waals surface area contributed by atoms with Crippen molar-refractivity contribution in [2.75, 3.05) is 7.11 Å². The van der Waals surface area contributed by atoms with Gasteiger partial charge in [-0.05, 0) is 24.6 Å². The molecule has 0 spiro atoms. The molecule has 1 aromatic carbocycles. The Hall–Kier alpha value is -1.55. The van der Waals surface area contributed by atoms with Gasteiger partial charge in [-0.3, -0.25) is 4.68 Å². The lowest BCUT2D eigenvalue weighted by Crippen LogP contribution is -1.97. The molecule has 0 bridgehead atoms. The normalized spacial score (nSPS) is 10.9. The van der Waals surface area contributed by atoms with Gasteiger partial charge in [-0.15, -0.1) is 0 Å². The molecule has 2 rings (SSSR count). The number of benzene rings is 1. The Morgan fingerprint density at radius 3 is 2.80 bits per heavy atom. The summed E-state index contributed by atoms with van der Waals surface area (Å²) in [7, 11) is 3.60. The summed E-state index contributed by atoms with van der Waals surface area (Å²) in [5.41, 5.74) is 8.70. The van der Waals surface area contributed by atoms with Crippen molar-refractivity contribution in [3.63, 3.8) is 0 Å². The molecule has 0 radical (unpaired) electrons. The fraction of sp³-hybridized carbons (Fsp3) is 0.364. The molecule has 4 nitrogen and oxygen atoms in total. The van der Waals surface area contributed by atoms with Crippen molar-refractivity contribution in [1.82, 2.24) is 9.78 Å². The van der Waals surface area contributed by atoms with Crippen LogP contribution in [0.3, 0.4) is 0 Å². The van der Waals surface area contributed by atoms with Crippen molar-refractivity contribution in [2.24, 2.45) is 12.8 Å². The molecule has 15 heavy (non-hydrogen) atoms. The SMILES string of the molecule is COc1cc(CN)cc2nn(C)c(C)c12. The number of nitrogens with zero attached hydrogens (tertiary/aromatic N) is 2. The highest BCUT2D eigenvalue weighted by Crippen LogP contribution is 2.29. The fourth-order valence-corrected chi connectivity index (χ4v) is 1.78. The topological polar surface area (TPSA) is 53.1 Å². The van der Waals surface area contributed by atoms with Crippen LogP contribution in [0.5, 0.6) is 5.75 Å². The van der Waals surface area contributed by atoms with E-state index in [1.54, 1.807) is 7.11 Å². The minimum absolute atomic E-state index is 0.502. The second kappa shape index (κ2) is 3.55. The van der Waals surface area contributed by atoms with Gasteiger partial charge in [0.2, 0.25) is 0 Å². The molecule has 0 atom stereocenters. The van der Waals surface area contributed by atoms with Crippen molar-refractivity contribution in [3.05, 3.63) is 23.4 Å². The van der Waals surface area contributed by atoms with Crippen LogP contribution < -0.4 is 10.5 Å². The minimum atomic E-state index is 0.502. The Kier molecular flexibility index (Phi) is 2.36. The summed E-state index contributed by atoms with van der Waals surface area (Å²) in [5.74, 6) is 0.846. The Morgan fingerprint density at radius 1 is 1.47 bits per heavy atom. The molecule has 2 N–H and O–H groups in total. The third kappa shape index (κ3) is 1.47. The highest BCUT2D eigenvalue weighted by atomic mass is 16.5. The standard InChI is InChI=1S/C11H15N3O/c1-7-11-9(13-14(7)2)4-8(6-12)5-10(11)15-3/h4-5H,6,12H2,1-3H3. The Labute approximate surface area is 88.6 Å². The summed E-state index contributed by atoms with van der Waals surface area (Å²) >= 11 is 0. The fourth-order valence-electron chi connectivity index (χ4n) is 1.78. The van der Waals surface area contributed by atoms with Crippen molar-refractivity contribution in [3.8, 4) is 5.75 Å². The Morgan fingerprint density at radius 2 is 2.20 bits per heavy atom. The highest BCUT2D eigenvalue weighted by molar-refractivity contribution is 5.88. The number of fused-ring (bicyclic) bond motifs is 1. The maximum atomic E-state index is 5.62. The van der Waals surface area contributed by atoms with E-state index < -0.39 is 0 Å². The maximum absolute atomic E-state index is 5.62. The van der Waals surface area contributed by atoms with Crippen LogP contribution in [0.4, 0.5) is 0 Å². The molecule has 4 heteroatoms. The van der Waals surface area contributed by atoms with Gasteiger partial charge in [-0.25, -0.2) is 0 Å². The molecule has 0 aliphatic rings. The lowest BCUT2D eigenvalue weighted by molar-refractivity contribution is 0.419. The molecule has 0 aliphatic carbocycles. The molecule has 80 valence electrons. The largest absolute Gasteiger partial charge is 0.496 e. The van der Waals surface area contributed by atoms with E-state index in [9.17, 15) is 0 Å². The zero-order chi connectivity index (χ0) is 11.0. The van der Waals surface area contributed by atoms with E-state index in [4.69, 9.17) is 10.5 Å². The molecule has 1 aromatic heterocycles. The zero-order valence-corrected chi connectivity index (χ0v) is 9.24. The average Bonchev–Trinajstić information content (AvgIpc) is 2.53. The van der Waals surface area contributed by atoms with E-state index in [-0.39, 0.29) is 0 Å². The van der Waals surface area contributed by atoms with Crippen LogP contribution >= 0.6 is 0 Å². The van der Waals surface area contributed by atoms with Gasteiger partial charge < -0.3 is 10.5 Å². The van der Waals surface area contributed by atoms with Gasteiger partial charge in [0.1, 0.15) is 5.75 Å². The first-order valence-corrected chi connectivity index (χ1v) is 4.87. The lowest BCUT2D eigenvalue weighted by atomic mass is 10.1. The molecule has 0 saturated heterocycles. The lowest BCUT2D eigenvalue weighted by Gasteiger charge is -2.04. The van der Waals surface area contributed by atoms with Gasteiger partial charge in [0.25, 0.3) is 0 Å². The van der Waals surface area contributed by atoms with Crippen LogP contribution in [0.15, 0.2) is 12.1 Å². The van der Waals surface area contributed by atoms with Gasteiger partial charge in [0.15, 0.2) is 0 Å². The number of rotatable bonds is 2. The van der Waals surface area contributed by atoms with Gasteiger partial charge >= 0.3 is 0 Å². The number of aryl methyl sites for hydroxylation is 2. The van der Waals surface area contributed by atoms with E-state index in [0.29, 0.717) is 6.54 Å². The quantitative estimate of drug-likeness (QED) is 0.805. The first kappa shape index (κ1) is 9.98. The summed E-state index contributed by atoms with van der Waals surface area (Å²) in [4.78, 5) is 0. The van der Waals surface area contributed by atoms with Gasteiger partial charge in [-0.2, -0.15) is 5.10 Å². The molecule has 2 aromatic rings. The monoisotopic (exact) mass is 205 g/mol. The average molecular weight is 205 g/mol. The van der Waals surface area contributed by atoms with Crippen LogP contribution in [0.1, 0.15) is 11.3 Å². The first-order valence-electron chi connectivity index (χ1n) is 4.87. The second-order valence-corrected chi connectivity index (χ2v) is 3.61. The van der Waals surface area contributed by atoms with Crippen LogP contribution in [-0.4, -0.2) is 16.9 Å². The van der Waals surface area contributed by atoms with Gasteiger partial charge in [-0.1, -0.05) is 0 Å². The van der Waals surface area contributed by atoms with Crippen molar-refractivity contribution >= 4 is 10.9 Å². The molecule has 0 fully saturated rings. The van der Waals surface area contributed by atoms with Crippen LogP contribution in [0.2, 0.25) is 0 Å². The minimum Gasteiger partial charge on any atom is -0.496 e. The molecular weight excluding hydrogens is 190 g/mol. The molecule has 1 heterocycles. The Bertz CT molecular complexity index is 502. The summed E-state index contributed by atoms with van der Waals surface area (Å²) < 4.78 is 7.21. The molecule has 0 amide bonds. The third-order valence-electron chi connectivity index (χ3n) is 2.70. The molecule has 0 saturated carbocycles. The van der Waals surface area contributed by atoms with E-state index in [1.807, 2.05) is 30.8 Å². The van der Waals surface area contributed by atoms with Crippen molar-refractivity contribution in [2.45, 2.75) is 13.5 Å². The number of aromatic nitrogens is 2. The van der Waals surface area contributed by atoms with Crippen LogP contribution in [0, 0.1) is 6.92 Å². The highest BCUT2D eigenvalue weighted by Gasteiger charge is 2.11. The van der Waals surface area contributed by atoms with E-state index in [2.05, 4.69) is 5.10 Å². The predicted octanol–water partition coefficient (Wildman–Crippen LogP) is 1.35. The second-order valence-electron chi connectivity index (χ2n) is 3.61. The summed E-state index contributed by atoms with van der Waals surface area (Å²) in [6.07, 6.45) is 0. The maximum Gasteiger partial charge on any atom is 0.130 e. The molecular formula is C11H15N3O. The van der Waals surface area contributed by atoms with Gasteiger partial charge in [0.05, 0.1) is 18.0 Å². The zero-order valence-electron chi connectivity index (χ0n) is 9.24. The third-order valence-corrected chi connectivity index (χ3v) is 2.70. The van der Waals surface area contributed by atoms with Crippen LogP contribution in [-0.2, 0) is 13.6 Å². The van der Waals surface area contributed by atoms with Crippen molar-refractivity contribution in [1.29, 1.82) is 0 Å². The molecule has 0 aliphatic heterocycles. The number of methoxy groups -OCH3 is 1. The molecule has 0 unspecified atom stereocenters. The van der Waals surface area contributed by atoms with Crippen LogP contribution in [0.25, 0.3) is 10.9 Å². The summed E-state index contributed by atoms with van der Waals surface area (Å²) in [6, 6.07) is 3.97. The number of ether oxygens (including phenoxy) is 1. The summed E-state index contributed by atoms with van der Waals surface area (Å²) in [6.45, 7) is 2.53. The Balaban J connectivity index is 2.81. The predicted molar refractivity (Wildman–Crippen MR) is 59.9 cm³/mol. The van der Waals surface area contributed by atoms with E-state index >= 15 is 0 Å². The van der Waals surface area contributed by atoms with E-state index in [1.165, 1.54) is 0 Å². The smallest absolute Gasteiger partial charge is 0.130 e. The van der Waals surface area contributed by atoms with Gasteiger partial charge in [0, 0.05) is 19.3 Å². The van der Waals surface area contributed by atoms with E-state index in [0.717, 1.165) is 27.9 Å². The number of hydrogen-bond donors (Lipinski definition) is 1. The van der Waals surface area contributed by atoms with Crippen molar-refractivity contribution < 1.29 is 4.74 Å². The number of nitrogens with two attached hydrogens (primary N) is 1. The summed E-state index contributed by atoms with van der Waals surface area (Å²) in [5, 5.41) is 5.48.